The number of benzene rings is 2. The molecule has 1 aliphatic rings. The molecule has 29 heavy (non-hydrogen) atoms. The van der Waals surface area contributed by atoms with Crippen molar-refractivity contribution in [3.63, 3.8) is 0 Å². The molecule has 3 rings (SSSR count). The average Bonchev–Trinajstić information content (AvgIpc) is 3.51. The number of rotatable bonds is 7. The monoisotopic (exact) mass is 401 g/mol. The Balaban J connectivity index is 1.78. The van der Waals surface area contributed by atoms with E-state index in [0.717, 1.165) is 24.5 Å². The minimum Gasteiger partial charge on any atom is -0.362 e. The summed E-state index contributed by atoms with van der Waals surface area (Å²) >= 11 is 0. The molecule has 0 radical (unpaired) electrons. The first-order valence-corrected chi connectivity index (χ1v) is 9.46. The molecule has 0 aliphatic heterocycles. The van der Waals surface area contributed by atoms with Crippen molar-refractivity contribution >= 4 is 17.3 Å². The number of hydrogen-bond donors (Lipinski definition) is 1. The summed E-state index contributed by atoms with van der Waals surface area (Å²) in [6.07, 6.45) is -2.61. The molecule has 0 spiro atoms. The standard InChI is InChI=1S/C22H22F3N3O/c1-15(17-6-4-3-5-7-17)27-21(29)14-28(13-16-8-9-16)18-10-11-20(26-2)19(12-18)22(23,24)25/h3-7,10-12,15-16H,8-9,13-14H2,1H3,(H,27,29)/t15-/m1/s1. The molecule has 1 N–H and O–H groups in total. The zero-order chi connectivity index (χ0) is 21.0. The molecule has 152 valence electrons. The van der Waals surface area contributed by atoms with E-state index in [1.54, 1.807) is 4.90 Å². The van der Waals surface area contributed by atoms with Crippen molar-refractivity contribution in [1.29, 1.82) is 0 Å². The zero-order valence-electron chi connectivity index (χ0n) is 16.0. The molecule has 0 unspecified atom stereocenters. The van der Waals surface area contributed by atoms with Gasteiger partial charge in [0.05, 0.1) is 24.7 Å². The van der Waals surface area contributed by atoms with E-state index in [2.05, 4.69) is 10.2 Å². The fraction of sp³-hybridized carbons (Fsp3) is 0.364. The quantitative estimate of drug-likeness (QED) is 0.635. The molecule has 1 saturated carbocycles. The van der Waals surface area contributed by atoms with Crippen LogP contribution in [0.2, 0.25) is 0 Å². The molecule has 2 aromatic rings. The lowest BCUT2D eigenvalue weighted by atomic mass is 10.1. The van der Waals surface area contributed by atoms with E-state index >= 15 is 0 Å². The Morgan fingerprint density at radius 2 is 1.93 bits per heavy atom. The van der Waals surface area contributed by atoms with Gasteiger partial charge in [-0.15, -0.1) is 0 Å². The summed E-state index contributed by atoms with van der Waals surface area (Å²) in [5.74, 6) is 0.119. The highest BCUT2D eigenvalue weighted by molar-refractivity contribution is 5.82. The molecule has 1 aliphatic carbocycles. The predicted molar refractivity (Wildman–Crippen MR) is 106 cm³/mol. The molecule has 1 fully saturated rings. The first kappa shape index (κ1) is 20.7. The predicted octanol–water partition coefficient (Wildman–Crippen LogP) is 5.35. The lowest BCUT2D eigenvalue weighted by Gasteiger charge is -2.26. The molecule has 4 nitrogen and oxygen atoms in total. The number of halogens is 3. The van der Waals surface area contributed by atoms with E-state index in [9.17, 15) is 18.0 Å². The van der Waals surface area contributed by atoms with Crippen LogP contribution in [0.4, 0.5) is 24.5 Å². The third kappa shape index (κ3) is 5.50. The van der Waals surface area contributed by atoms with Crippen molar-refractivity contribution in [1.82, 2.24) is 5.32 Å². The lowest BCUT2D eigenvalue weighted by molar-refractivity contribution is -0.136. The lowest BCUT2D eigenvalue weighted by Crippen LogP contribution is -2.39. The zero-order valence-corrected chi connectivity index (χ0v) is 16.0. The van der Waals surface area contributed by atoms with Gasteiger partial charge in [-0.1, -0.05) is 36.4 Å². The fourth-order valence-corrected chi connectivity index (χ4v) is 3.20. The summed E-state index contributed by atoms with van der Waals surface area (Å²) < 4.78 is 40.0. The van der Waals surface area contributed by atoms with Gasteiger partial charge in [0.25, 0.3) is 0 Å². The molecule has 7 heteroatoms. The Kier molecular flexibility index (Phi) is 6.12. The molecule has 1 atom stereocenters. The maximum Gasteiger partial charge on any atom is 0.407 e. The van der Waals surface area contributed by atoms with Crippen LogP contribution in [0.1, 0.15) is 36.9 Å². The number of carbonyl (C=O) groups excluding carboxylic acids is 1. The first-order valence-electron chi connectivity index (χ1n) is 9.46. The van der Waals surface area contributed by atoms with E-state index in [4.69, 9.17) is 6.57 Å². The SMILES string of the molecule is [C-]#[N+]c1ccc(N(CC(=O)N[C@H](C)c2ccccc2)CC2CC2)cc1C(F)(F)F. The summed E-state index contributed by atoms with van der Waals surface area (Å²) in [6, 6.07) is 12.9. The summed E-state index contributed by atoms with van der Waals surface area (Å²) in [6.45, 7) is 9.33. The van der Waals surface area contributed by atoms with E-state index in [-0.39, 0.29) is 18.5 Å². The topological polar surface area (TPSA) is 36.7 Å². The Labute approximate surface area is 168 Å². The molecule has 2 aromatic carbocycles. The maximum absolute atomic E-state index is 13.3. The molecular weight excluding hydrogens is 379 g/mol. The third-order valence-corrected chi connectivity index (χ3v) is 4.96. The highest BCUT2D eigenvalue weighted by Crippen LogP contribution is 2.39. The summed E-state index contributed by atoms with van der Waals surface area (Å²) in [5.41, 5.74) is -0.145. The van der Waals surface area contributed by atoms with Crippen LogP contribution in [-0.4, -0.2) is 19.0 Å². The second kappa shape index (κ2) is 8.56. The highest BCUT2D eigenvalue weighted by Gasteiger charge is 2.34. The minimum absolute atomic E-state index is 0.0393. The first-order chi connectivity index (χ1) is 13.8. The van der Waals surface area contributed by atoms with Gasteiger partial charge in [-0.05, 0) is 43.4 Å². The van der Waals surface area contributed by atoms with Gasteiger partial charge < -0.3 is 10.2 Å². The Morgan fingerprint density at radius 1 is 1.24 bits per heavy atom. The third-order valence-electron chi connectivity index (χ3n) is 4.96. The van der Waals surface area contributed by atoms with Crippen molar-refractivity contribution in [3.05, 3.63) is 71.1 Å². The van der Waals surface area contributed by atoms with Crippen molar-refractivity contribution in [2.45, 2.75) is 32.0 Å². The Bertz CT molecular complexity index is 902. The number of nitrogens with zero attached hydrogens (tertiary/aromatic N) is 2. The molecular formula is C22H22F3N3O. The van der Waals surface area contributed by atoms with Crippen molar-refractivity contribution in [3.8, 4) is 0 Å². The van der Waals surface area contributed by atoms with Crippen LogP contribution in [0.15, 0.2) is 48.5 Å². The van der Waals surface area contributed by atoms with Crippen molar-refractivity contribution in [2.75, 3.05) is 18.0 Å². The molecule has 1 amide bonds. The largest absolute Gasteiger partial charge is 0.407 e. The number of hydrogen-bond acceptors (Lipinski definition) is 2. The second-order valence-electron chi connectivity index (χ2n) is 7.33. The van der Waals surface area contributed by atoms with E-state index in [0.29, 0.717) is 18.2 Å². The van der Waals surface area contributed by atoms with Crippen LogP contribution < -0.4 is 10.2 Å². The van der Waals surface area contributed by atoms with Crippen LogP contribution in [0.3, 0.4) is 0 Å². The van der Waals surface area contributed by atoms with Gasteiger partial charge in [-0.3, -0.25) is 4.79 Å². The number of carbonyl (C=O) groups is 1. The maximum atomic E-state index is 13.3. The minimum atomic E-state index is -4.62. The van der Waals surface area contributed by atoms with Gasteiger partial charge in [0, 0.05) is 12.2 Å². The molecule has 0 bridgehead atoms. The Hall–Kier alpha value is -3.01. The van der Waals surface area contributed by atoms with Crippen LogP contribution in [0, 0.1) is 12.5 Å². The fourth-order valence-electron chi connectivity index (χ4n) is 3.20. The number of anilines is 1. The second-order valence-corrected chi connectivity index (χ2v) is 7.33. The normalized spacial score (nSPS) is 14.7. The van der Waals surface area contributed by atoms with Gasteiger partial charge in [-0.2, -0.15) is 13.2 Å². The van der Waals surface area contributed by atoms with Gasteiger partial charge >= 0.3 is 6.18 Å². The summed E-state index contributed by atoms with van der Waals surface area (Å²) in [7, 11) is 0. The van der Waals surface area contributed by atoms with Crippen LogP contribution in [-0.2, 0) is 11.0 Å². The van der Waals surface area contributed by atoms with Gasteiger partial charge in [0.1, 0.15) is 0 Å². The molecule has 0 aromatic heterocycles. The molecule has 0 heterocycles. The number of nitrogens with one attached hydrogen (secondary N) is 1. The average molecular weight is 401 g/mol. The number of amides is 1. The smallest absolute Gasteiger partial charge is 0.362 e. The Morgan fingerprint density at radius 3 is 2.52 bits per heavy atom. The van der Waals surface area contributed by atoms with Crippen LogP contribution in [0.25, 0.3) is 4.85 Å². The summed E-state index contributed by atoms with van der Waals surface area (Å²) in [5, 5.41) is 2.91. The van der Waals surface area contributed by atoms with Crippen LogP contribution >= 0.6 is 0 Å². The summed E-state index contributed by atoms with van der Waals surface area (Å²) in [4.78, 5) is 17.2. The highest BCUT2D eigenvalue weighted by atomic mass is 19.4. The van der Waals surface area contributed by atoms with Crippen molar-refractivity contribution < 1.29 is 18.0 Å². The van der Waals surface area contributed by atoms with Crippen molar-refractivity contribution in [2.24, 2.45) is 5.92 Å². The van der Waals surface area contributed by atoms with E-state index in [1.165, 1.54) is 12.1 Å². The van der Waals surface area contributed by atoms with Gasteiger partial charge in [0.15, 0.2) is 5.69 Å². The van der Waals surface area contributed by atoms with Gasteiger partial charge in [0.2, 0.25) is 5.91 Å². The van der Waals surface area contributed by atoms with E-state index in [1.807, 2.05) is 37.3 Å². The van der Waals surface area contributed by atoms with Gasteiger partial charge in [-0.25, -0.2) is 4.85 Å². The van der Waals surface area contributed by atoms with Crippen LogP contribution in [0.5, 0.6) is 0 Å². The van der Waals surface area contributed by atoms with E-state index < -0.39 is 17.4 Å². The number of alkyl halides is 3. The molecule has 0 saturated heterocycles.